The summed E-state index contributed by atoms with van der Waals surface area (Å²) in [6.07, 6.45) is 2.79. The van der Waals surface area contributed by atoms with Gasteiger partial charge in [-0.3, -0.25) is 4.79 Å². The summed E-state index contributed by atoms with van der Waals surface area (Å²) in [5.74, 6) is -0.303. The lowest BCUT2D eigenvalue weighted by Gasteiger charge is -2.10. The van der Waals surface area contributed by atoms with Gasteiger partial charge >= 0.3 is 6.61 Å². The number of benzene rings is 2. The molecule has 0 heterocycles. The SMILES string of the molecule is COc1cc(C(=O)/C=C/c2cc(OC)c(O)c(OC)c2)ccc1OC(F)F. The third kappa shape index (κ3) is 4.87. The molecule has 0 aliphatic carbocycles. The predicted molar refractivity (Wildman–Crippen MR) is 94.2 cm³/mol. The first kappa shape index (κ1) is 20.0. The quantitative estimate of drug-likeness (QED) is 0.553. The van der Waals surface area contributed by atoms with Crippen molar-refractivity contribution in [2.24, 2.45) is 0 Å². The summed E-state index contributed by atoms with van der Waals surface area (Å²) in [6, 6.07) is 6.95. The second-order valence-electron chi connectivity index (χ2n) is 5.22. The first-order chi connectivity index (χ1) is 12.9. The third-order valence-corrected chi connectivity index (χ3v) is 3.59. The standard InChI is InChI=1S/C19H18F2O6/c1-24-15-10-12(5-7-14(15)27-19(20)21)13(22)6-4-11-8-16(25-2)18(23)17(9-11)26-3/h4-10,19,23H,1-3H3/b6-4+. The van der Waals surface area contributed by atoms with E-state index >= 15 is 0 Å². The third-order valence-electron chi connectivity index (χ3n) is 3.59. The number of rotatable bonds is 8. The molecule has 0 aliphatic rings. The van der Waals surface area contributed by atoms with Gasteiger partial charge in [0, 0.05) is 5.56 Å². The van der Waals surface area contributed by atoms with Gasteiger partial charge in [-0.2, -0.15) is 8.78 Å². The minimum absolute atomic E-state index is 0.0162. The number of hydrogen-bond acceptors (Lipinski definition) is 6. The van der Waals surface area contributed by atoms with Crippen molar-refractivity contribution < 1.29 is 37.6 Å². The van der Waals surface area contributed by atoms with Crippen molar-refractivity contribution in [3.05, 3.63) is 47.5 Å². The molecule has 2 rings (SSSR count). The van der Waals surface area contributed by atoms with Crippen LogP contribution in [0.3, 0.4) is 0 Å². The minimum atomic E-state index is -3.00. The van der Waals surface area contributed by atoms with Crippen LogP contribution in [0.5, 0.6) is 28.7 Å². The molecule has 0 aliphatic heterocycles. The normalized spacial score (nSPS) is 10.9. The van der Waals surface area contributed by atoms with Gasteiger partial charge < -0.3 is 24.1 Å². The number of allylic oxidation sites excluding steroid dienone is 1. The lowest BCUT2D eigenvalue weighted by atomic mass is 10.1. The molecule has 0 unspecified atom stereocenters. The maximum Gasteiger partial charge on any atom is 0.387 e. The van der Waals surface area contributed by atoms with Gasteiger partial charge in [0.1, 0.15) is 0 Å². The van der Waals surface area contributed by atoms with Gasteiger partial charge in [-0.05, 0) is 42.0 Å². The zero-order valence-electron chi connectivity index (χ0n) is 14.9. The van der Waals surface area contributed by atoms with Gasteiger partial charge in [0.25, 0.3) is 0 Å². The summed E-state index contributed by atoms with van der Waals surface area (Å²) < 4.78 is 44.1. The molecule has 1 N–H and O–H groups in total. The topological polar surface area (TPSA) is 74.2 Å². The lowest BCUT2D eigenvalue weighted by molar-refractivity contribution is -0.0512. The molecule has 0 saturated heterocycles. The van der Waals surface area contributed by atoms with Crippen LogP contribution in [-0.4, -0.2) is 38.8 Å². The van der Waals surface area contributed by atoms with Crippen molar-refractivity contribution in [1.82, 2.24) is 0 Å². The van der Waals surface area contributed by atoms with Gasteiger partial charge in [0.2, 0.25) is 5.75 Å². The van der Waals surface area contributed by atoms with Crippen LogP contribution < -0.4 is 18.9 Å². The zero-order chi connectivity index (χ0) is 20.0. The van der Waals surface area contributed by atoms with Crippen molar-refractivity contribution in [3.63, 3.8) is 0 Å². The second kappa shape index (κ2) is 8.88. The molecule has 0 aromatic heterocycles. The van der Waals surface area contributed by atoms with Crippen LogP contribution in [0.15, 0.2) is 36.4 Å². The molecule has 0 spiro atoms. The van der Waals surface area contributed by atoms with E-state index in [9.17, 15) is 18.7 Å². The van der Waals surface area contributed by atoms with Crippen LogP contribution in [0.4, 0.5) is 8.78 Å². The number of methoxy groups -OCH3 is 3. The Balaban J connectivity index is 2.26. The fourth-order valence-corrected chi connectivity index (χ4v) is 2.29. The average Bonchev–Trinajstić information content (AvgIpc) is 2.66. The summed E-state index contributed by atoms with van der Waals surface area (Å²) in [5, 5.41) is 9.89. The van der Waals surface area contributed by atoms with Crippen LogP contribution in [-0.2, 0) is 0 Å². The molecular weight excluding hydrogens is 362 g/mol. The Morgan fingerprint density at radius 2 is 1.56 bits per heavy atom. The molecule has 6 nitrogen and oxygen atoms in total. The van der Waals surface area contributed by atoms with E-state index in [0.29, 0.717) is 5.56 Å². The van der Waals surface area contributed by atoms with Gasteiger partial charge in [-0.1, -0.05) is 6.08 Å². The molecule has 0 fully saturated rings. The number of phenols is 1. The first-order valence-electron chi connectivity index (χ1n) is 7.69. The highest BCUT2D eigenvalue weighted by Crippen LogP contribution is 2.37. The summed E-state index contributed by atoms with van der Waals surface area (Å²) in [6.45, 7) is -3.00. The second-order valence-corrected chi connectivity index (χ2v) is 5.22. The van der Waals surface area contributed by atoms with E-state index in [1.54, 1.807) is 0 Å². The van der Waals surface area contributed by atoms with Crippen molar-refractivity contribution >= 4 is 11.9 Å². The van der Waals surface area contributed by atoms with E-state index in [2.05, 4.69) is 4.74 Å². The maximum absolute atomic E-state index is 12.4. The van der Waals surface area contributed by atoms with E-state index in [4.69, 9.17) is 14.2 Å². The molecule has 2 aromatic rings. The fourth-order valence-electron chi connectivity index (χ4n) is 2.29. The summed E-state index contributed by atoms with van der Waals surface area (Å²) in [7, 11) is 4.07. The number of phenolic OH excluding ortho intramolecular Hbond substituents is 1. The van der Waals surface area contributed by atoms with Crippen LogP contribution in [0.2, 0.25) is 0 Å². The summed E-state index contributed by atoms with van der Waals surface area (Å²) in [5.41, 5.74) is 0.780. The number of carbonyl (C=O) groups excluding carboxylic acids is 1. The Kier molecular flexibility index (Phi) is 6.59. The molecule has 0 radical (unpaired) electrons. The highest BCUT2D eigenvalue weighted by molar-refractivity contribution is 6.07. The molecular formula is C19H18F2O6. The zero-order valence-corrected chi connectivity index (χ0v) is 14.9. The van der Waals surface area contributed by atoms with E-state index in [1.165, 1.54) is 63.8 Å². The Bertz CT molecular complexity index is 823. The number of hydrogen-bond donors (Lipinski definition) is 1. The highest BCUT2D eigenvalue weighted by atomic mass is 19.3. The predicted octanol–water partition coefficient (Wildman–Crippen LogP) is 3.92. The van der Waals surface area contributed by atoms with E-state index in [1.807, 2.05) is 0 Å². The Morgan fingerprint density at radius 3 is 2.07 bits per heavy atom. The van der Waals surface area contributed by atoms with Crippen LogP contribution >= 0.6 is 0 Å². The smallest absolute Gasteiger partial charge is 0.387 e. The maximum atomic E-state index is 12.4. The number of alkyl halides is 2. The van der Waals surface area contributed by atoms with Crippen molar-refractivity contribution in [3.8, 4) is 28.7 Å². The van der Waals surface area contributed by atoms with Crippen LogP contribution in [0.1, 0.15) is 15.9 Å². The Morgan fingerprint density at radius 1 is 0.963 bits per heavy atom. The van der Waals surface area contributed by atoms with Crippen LogP contribution in [0, 0.1) is 0 Å². The molecule has 8 heteroatoms. The van der Waals surface area contributed by atoms with Crippen molar-refractivity contribution in [1.29, 1.82) is 0 Å². The molecule has 0 bridgehead atoms. The molecule has 144 valence electrons. The van der Waals surface area contributed by atoms with E-state index in [0.717, 1.165) is 0 Å². The van der Waals surface area contributed by atoms with Gasteiger partial charge in [0.15, 0.2) is 28.8 Å². The lowest BCUT2D eigenvalue weighted by Crippen LogP contribution is -2.04. The van der Waals surface area contributed by atoms with E-state index in [-0.39, 0.29) is 40.1 Å². The van der Waals surface area contributed by atoms with E-state index < -0.39 is 6.61 Å². The van der Waals surface area contributed by atoms with Gasteiger partial charge in [0.05, 0.1) is 21.3 Å². The summed E-state index contributed by atoms with van der Waals surface area (Å²) in [4.78, 5) is 12.4. The van der Waals surface area contributed by atoms with Crippen LogP contribution in [0.25, 0.3) is 6.08 Å². The fraction of sp³-hybridized carbons (Fsp3) is 0.211. The largest absolute Gasteiger partial charge is 0.502 e. The molecule has 27 heavy (non-hydrogen) atoms. The Hall–Kier alpha value is -3.29. The monoisotopic (exact) mass is 380 g/mol. The molecule has 0 amide bonds. The number of carbonyl (C=O) groups is 1. The van der Waals surface area contributed by atoms with Crippen molar-refractivity contribution in [2.75, 3.05) is 21.3 Å². The number of halogens is 2. The molecule has 0 saturated carbocycles. The summed E-state index contributed by atoms with van der Waals surface area (Å²) >= 11 is 0. The Labute approximate surface area is 154 Å². The van der Waals surface area contributed by atoms with Gasteiger partial charge in [-0.15, -0.1) is 0 Å². The van der Waals surface area contributed by atoms with Crippen molar-refractivity contribution in [2.45, 2.75) is 6.61 Å². The average molecular weight is 380 g/mol. The number of ether oxygens (including phenoxy) is 4. The highest BCUT2D eigenvalue weighted by Gasteiger charge is 2.14. The van der Waals surface area contributed by atoms with Gasteiger partial charge in [-0.25, -0.2) is 0 Å². The molecule has 2 aromatic carbocycles. The minimum Gasteiger partial charge on any atom is -0.502 e. The number of ketones is 1. The number of aromatic hydroxyl groups is 1. The molecule has 0 atom stereocenters. The first-order valence-corrected chi connectivity index (χ1v) is 7.69.